The fraction of sp³-hybridized carbons (Fsp3) is 0.182. The number of rotatable bonds is 1. The Morgan fingerprint density at radius 2 is 2.07 bits per heavy atom. The molecule has 0 aliphatic carbocycles. The van der Waals surface area contributed by atoms with Crippen LogP contribution in [0.1, 0.15) is 21.7 Å². The first kappa shape index (κ1) is 8.81. The van der Waals surface area contributed by atoms with Gasteiger partial charge >= 0.3 is 5.97 Å². The molecule has 0 saturated carbocycles. The van der Waals surface area contributed by atoms with Gasteiger partial charge in [-0.3, -0.25) is 0 Å². The van der Waals surface area contributed by atoms with Crippen LogP contribution in [0.5, 0.6) is 0 Å². The molecule has 0 unspecified atom stereocenters. The maximum Gasteiger partial charge on any atom is 0.372 e. The summed E-state index contributed by atoms with van der Waals surface area (Å²) in [5, 5.41) is 9.71. The topological polar surface area (TPSA) is 50.4 Å². The molecule has 0 amide bonds. The van der Waals surface area contributed by atoms with Gasteiger partial charge in [-0.15, -0.1) is 0 Å². The van der Waals surface area contributed by atoms with Crippen LogP contribution in [0.2, 0.25) is 0 Å². The van der Waals surface area contributed by atoms with Gasteiger partial charge < -0.3 is 9.52 Å². The van der Waals surface area contributed by atoms with E-state index in [-0.39, 0.29) is 5.76 Å². The van der Waals surface area contributed by atoms with E-state index in [1.54, 1.807) is 6.92 Å². The highest BCUT2D eigenvalue weighted by Crippen LogP contribution is 2.25. The van der Waals surface area contributed by atoms with Crippen LogP contribution in [-0.4, -0.2) is 11.1 Å². The zero-order valence-corrected chi connectivity index (χ0v) is 8.00. The number of carbonyl (C=O) groups is 1. The van der Waals surface area contributed by atoms with E-state index in [1.165, 1.54) is 0 Å². The van der Waals surface area contributed by atoms with Gasteiger partial charge in [0, 0.05) is 10.9 Å². The Bertz CT molecular complexity index is 508. The lowest BCUT2D eigenvalue weighted by Gasteiger charge is -1.90. The Morgan fingerprint density at radius 3 is 2.71 bits per heavy atom. The first-order valence-electron chi connectivity index (χ1n) is 4.32. The van der Waals surface area contributed by atoms with Crippen LogP contribution in [0.15, 0.2) is 22.6 Å². The smallest absolute Gasteiger partial charge is 0.372 e. The number of carboxylic acid groups (broad SMARTS) is 1. The maximum absolute atomic E-state index is 10.8. The van der Waals surface area contributed by atoms with Gasteiger partial charge in [-0.1, -0.05) is 12.1 Å². The van der Waals surface area contributed by atoms with Gasteiger partial charge in [0.1, 0.15) is 5.58 Å². The number of benzene rings is 1. The highest BCUT2D eigenvalue weighted by atomic mass is 16.4. The second-order valence-electron chi connectivity index (χ2n) is 3.36. The van der Waals surface area contributed by atoms with Crippen molar-refractivity contribution in [2.45, 2.75) is 13.8 Å². The van der Waals surface area contributed by atoms with Gasteiger partial charge in [0.15, 0.2) is 0 Å². The standard InChI is InChI=1S/C11H10O3/c1-6-3-4-8-7(2)10(11(12)13)14-9(8)5-6/h3-5H,1-2H3,(H,12,13). The fourth-order valence-corrected chi connectivity index (χ4v) is 1.54. The van der Waals surface area contributed by atoms with Crippen molar-refractivity contribution in [3.63, 3.8) is 0 Å². The van der Waals surface area contributed by atoms with Gasteiger partial charge in [-0.05, 0) is 25.5 Å². The van der Waals surface area contributed by atoms with Gasteiger partial charge in [0.25, 0.3) is 0 Å². The fourth-order valence-electron chi connectivity index (χ4n) is 1.54. The van der Waals surface area contributed by atoms with Crippen LogP contribution in [0.25, 0.3) is 11.0 Å². The molecule has 1 aromatic carbocycles. The average molecular weight is 190 g/mol. The second kappa shape index (κ2) is 2.87. The monoisotopic (exact) mass is 190 g/mol. The molecule has 1 heterocycles. The predicted molar refractivity (Wildman–Crippen MR) is 52.6 cm³/mol. The van der Waals surface area contributed by atoms with Gasteiger partial charge in [0.05, 0.1) is 0 Å². The van der Waals surface area contributed by atoms with Gasteiger partial charge in [0.2, 0.25) is 5.76 Å². The number of furan rings is 1. The largest absolute Gasteiger partial charge is 0.475 e. The minimum absolute atomic E-state index is 0.0330. The Kier molecular flexibility index (Phi) is 1.81. The third-order valence-corrected chi connectivity index (χ3v) is 2.29. The number of aryl methyl sites for hydroxylation is 2. The van der Waals surface area contributed by atoms with Crippen LogP contribution in [-0.2, 0) is 0 Å². The van der Waals surface area contributed by atoms with Crippen molar-refractivity contribution in [1.29, 1.82) is 0 Å². The summed E-state index contributed by atoms with van der Waals surface area (Å²) < 4.78 is 5.24. The summed E-state index contributed by atoms with van der Waals surface area (Å²) in [7, 11) is 0. The van der Waals surface area contributed by atoms with E-state index in [2.05, 4.69) is 0 Å². The van der Waals surface area contributed by atoms with E-state index in [9.17, 15) is 4.79 Å². The average Bonchev–Trinajstić information content (AvgIpc) is 2.43. The highest BCUT2D eigenvalue weighted by Gasteiger charge is 2.15. The van der Waals surface area contributed by atoms with Gasteiger partial charge in [-0.25, -0.2) is 4.79 Å². The molecule has 0 aliphatic rings. The van der Waals surface area contributed by atoms with E-state index >= 15 is 0 Å². The van der Waals surface area contributed by atoms with E-state index in [4.69, 9.17) is 9.52 Å². The number of hydrogen-bond donors (Lipinski definition) is 1. The van der Waals surface area contributed by atoms with E-state index in [1.807, 2.05) is 25.1 Å². The summed E-state index contributed by atoms with van der Waals surface area (Å²) in [4.78, 5) is 10.8. The Labute approximate surface area is 81.0 Å². The van der Waals surface area contributed by atoms with Crippen molar-refractivity contribution in [1.82, 2.24) is 0 Å². The summed E-state index contributed by atoms with van der Waals surface area (Å²) in [5.74, 6) is -0.984. The molecule has 72 valence electrons. The molecule has 2 rings (SSSR count). The van der Waals surface area contributed by atoms with Crippen molar-refractivity contribution in [3.05, 3.63) is 35.1 Å². The van der Waals surface area contributed by atoms with Crippen LogP contribution in [0.3, 0.4) is 0 Å². The number of fused-ring (bicyclic) bond motifs is 1. The first-order valence-corrected chi connectivity index (χ1v) is 4.32. The molecule has 0 spiro atoms. The Hall–Kier alpha value is -1.77. The summed E-state index contributed by atoms with van der Waals surface area (Å²) in [6.07, 6.45) is 0. The van der Waals surface area contributed by atoms with Crippen molar-refractivity contribution >= 4 is 16.9 Å². The number of aromatic carboxylic acids is 1. The zero-order chi connectivity index (χ0) is 10.3. The van der Waals surface area contributed by atoms with Crippen molar-refractivity contribution in [3.8, 4) is 0 Å². The van der Waals surface area contributed by atoms with Crippen molar-refractivity contribution in [2.75, 3.05) is 0 Å². The summed E-state index contributed by atoms with van der Waals surface area (Å²) in [6.45, 7) is 3.70. The quantitative estimate of drug-likeness (QED) is 0.752. The van der Waals surface area contributed by atoms with Crippen molar-refractivity contribution in [2.24, 2.45) is 0 Å². The Balaban J connectivity index is 2.79. The molecule has 0 atom stereocenters. The SMILES string of the molecule is Cc1ccc2c(C)c(C(=O)O)oc2c1. The van der Waals surface area contributed by atoms with Crippen LogP contribution >= 0.6 is 0 Å². The highest BCUT2D eigenvalue weighted by molar-refractivity contribution is 5.94. The number of carboxylic acids is 1. The lowest BCUT2D eigenvalue weighted by molar-refractivity contribution is 0.0664. The molecule has 3 nitrogen and oxygen atoms in total. The van der Waals surface area contributed by atoms with Gasteiger partial charge in [-0.2, -0.15) is 0 Å². The molecule has 0 bridgehead atoms. The Morgan fingerprint density at radius 1 is 1.36 bits per heavy atom. The normalized spacial score (nSPS) is 10.7. The van der Waals surface area contributed by atoms with Crippen LogP contribution in [0, 0.1) is 13.8 Å². The molecule has 0 fully saturated rings. The summed E-state index contributed by atoms with van der Waals surface area (Å²) in [6, 6.07) is 5.67. The molecule has 14 heavy (non-hydrogen) atoms. The van der Waals surface area contributed by atoms with E-state index in [0.29, 0.717) is 11.1 Å². The maximum atomic E-state index is 10.8. The predicted octanol–water partition coefficient (Wildman–Crippen LogP) is 2.75. The molecule has 2 aromatic rings. The molecule has 0 aliphatic heterocycles. The molecular formula is C11H10O3. The molecule has 3 heteroatoms. The van der Waals surface area contributed by atoms with Crippen molar-refractivity contribution < 1.29 is 14.3 Å². The molecular weight excluding hydrogens is 180 g/mol. The minimum Gasteiger partial charge on any atom is -0.475 e. The molecule has 1 N–H and O–H groups in total. The summed E-state index contributed by atoms with van der Waals surface area (Å²) >= 11 is 0. The second-order valence-corrected chi connectivity index (χ2v) is 3.36. The lowest BCUT2D eigenvalue weighted by Crippen LogP contribution is -1.94. The van der Waals surface area contributed by atoms with E-state index in [0.717, 1.165) is 10.9 Å². The van der Waals surface area contributed by atoms with E-state index < -0.39 is 5.97 Å². The molecule has 0 radical (unpaired) electrons. The number of hydrogen-bond acceptors (Lipinski definition) is 2. The minimum atomic E-state index is -1.02. The lowest BCUT2D eigenvalue weighted by atomic mass is 10.1. The third kappa shape index (κ3) is 1.18. The molecule has 0 saturated heterocycles. The van der Waals surface area contributed by atoms with Crippen LogP contribution in [0.4, 0.5) is 0 Å². The van der Waals surface area contributed by atoms with Crippen LogP contribution < -0.4 is 0 Å². The third-order valence-electron chi connectivity index (χ3n) is 2.29. The zero-order valence-electron chi connectivity index (χ0n) is 8.00. The molecule has 1 aromatic heterocycles. The first-order chi connectivity index (χ1) is 6.59. The summed E-state index contributed by atoms with van der Waals surface area (Å²) in [5.41, 5.74) is 2.38.